The Morgan fingerprint density at radius 2 is 1.68 bits per heavy atom. The van der Waals surface area contributed by atoms with E-state index in [4.69, 9.17) is 0 Å². The van der Waals surface area contributed by atoms with Crippen molar-refractivity contribution in [1.82, 2.24) is 0 Å². The van der Waals surface area contributed by atoms with Crippen LogP contribution in [0.3, 0.4) is 0 Å². The molecule has 0 radical (unpaired) electrons. The molecule has 2 amide bonds. The predicted molar refractivity (Wildman–Crippen MR) is 75.0 cm³/mol. The molecule has 0 bridgehead atoms. The second-order valence-electron chi connectivity index (χ2n) is 4.38. The average Bonchev–Trinajstić information content (AvgIpc) is 2.37. The molecule has 0 spiro atoms. The van der Waals surface area contributed by atoms with Gasteiger partial charge in [-0.2, -0.15) is 0 Å². The van der Waals surface area contributed by atoms with E-state index < -0.39 is 11.8 Å². The van der Waals surface area contributed by atoms with Crippen LogP contribution in [0.15, 0.2) is 42.5 Å². The molecule has 0 atom stereocenters. The van der Waals surface area contributed by atoms with Crippen LogP contribution in [0.1, 0.15) is 11.1 Å². The lowest BCUT2D eigenvalue weighted by Gasteiger charge is -2.11. The van der Waals surface area contributed by atoms with Gasteiger partial charge < -0.3 is 10.6 Å². The fourth-order valence-electron chi connectivity index (χ4n) is 1.71. The first-order valence-electron chi connectivity index (χ1n) is 5.96. The summed E-state index contributed by atoms with van der Waals surface area (Å²) in [5, 5.41) is 5.19. The second kappa shape index (κ2) is 5.52. The summed E-state index contributed by atoms with van der Waals surface area (Å²) in [5.41, 5.74) is 2.88. The Morgan fingerprint density at radius 1 is 1.00 bits per heavy atom. The van der Waals surface area contributed by atoms with E-state index in [0.29, 0.717) is 5.69 Å². The Labute approximate surface area is 111 Å². The van der Waals surface area contributed by atoms with Gasteiger partial charge in [0.15, 0.2) is 0 Å². The van der Waals surface area contributed by atoms with E-state index in [2.05, 4.69) is 10.6 Å². The number of anilines is 2. The van der Waals surface area contributed by atoms with E-state index in [0.717, 1.165) is 11.1 Å². The molecule has 4 heteroatoms. The molecule has 0 saturated heterocycles. The molecule has 98 valence electrons. The fourth-order valence-corrected chi connectivity index (χ4v) is 1.71. The number of rotatable bonds is 2. The lowest BCUT2D eigenvalue weighted by Crippen LogP contribution is -2.20. The van der Waals surface area contributed by atoms with Crippen molar-refractivity contribution < 1.29 is 9.18 Å². The maximum Gasteiger partial charge on any atom is 0.323 e. The van der Waals surface area contributed by atoms with Crippen molar-refractivity contribution in [2.75, 3.05) is 10.6 Å². The summed E-state index contributed by atoms with van der Waals surface area (Å²) in [6.45, 7) is 3.84. The highest BCUT2D eigenvalue weighted by Crippen LogP contribution is 2.17. The number of hydrogen-bond acceptors (Lipinski definition) is 1. The zero-order chi connectivity index (χ0) is 13.8. The second-order valence-corrected chi connectivity index (χ2v) is 4.38. The third-order valence-electron chi connectivity index (χ3n) is 2.76. The van der Waals surface area contributed by atoms with Crippen LogP contribution in [-0.2, 0) is 0 Å². The first kappa shape index (κ1) is 13.1. The number of aryl methyl sites for hydroxylation is 2. The van der Waals surface area contributed by atoms with Gasteiger partial charge in [0, 0.05) is 5.69 Å². The lowest BCUT2D eigenvalue weighted by atomic mass is 10.1. The van der Waals surface area contributed by atoms with Crippen LogP contribution in [-0.4, -0.2) is 6.03 Å². The van der Waals surface area contributed by atoms with Gasteiger partial charge in [-0.3, -0.25) is 0 Å². The third-order valence-corrected chi connectivity index (χ3v) is 2.76. The monoisotopic (exact) mass is 258 g/mol. The number of carbonyl (C=O) groups is 1. The SMILES string of the molecule is Cc1ccc(C)c(NC(=O)Nc2ccccc2F)c1. The quantitative estimate of drug-likeness (QED) is 0.837. The van der Waals surface area contributed by atoms with Gasteiger partial charge in [-0.15, -0.1) is 0 Å². The molecule has 2 aromatic carbocycles. The molecule has 0 saturated carbocycles. The standard InChI is InChI=1S/C15H15FN2O/c1-10-7-8-11(2)14(9-10)18-15(19)17-13-6-4-3-5-12(13)16/h3-9H,1-2H3,(H2,17,18,19). The highest BCUT2D eigenvalue weighted by atomic mass is 19.1. The predicted octanol–water partition coefficient (Wildman–Crippen LogP) is 4.09. The van der Waals surface area contributed by atoms with Gasteiger partial charge in [0.1, 0.15) is 5.82 Å². The van der Waals surface area contributed by atoms with Crippen molar-refractivity contribution >= 4 is 17.4 Å². The Morgan fingerprint density at radius 3 is 2.42 bits per heavy atom. The highest BCUT2D eigenvalue weighted by Gasteiger charge is 2.07. The van der Waals surface area contributed by atoms with Crippen LogP contribution in [0.2, 0.25) is 0 Å². The van der Waals surface area contributed by atoms with E-state index in [1.165, 1.54) is 12.1 Å². The number of nitrogens with one attached hydrogen (secondary N) is 2. The van der Waals surface area contributed by atoms with Crippen molar-refractivity contribution in [3.63, 3.8) is 0 Å². The van der Waals surface area contributed by atoms with E-state index >= 15 is 0 Å². The molecule has 0 fully saturated rings. The van der Waals surface area contributed by atoms with E-state index in [-0.39, 0.29) is 5.69 Å². The maximum absolute atomic E-state index is 13.4. The summed E-state index contributed by atoms with van der Waals surface area (Å²) < 4.78 is 13.4. The Kier molecular flexibility index (Phi) is 3.80. The van der Waals surface area contributed by atoms with Crippen molar-refractivity contribution in [2.45, 2.75) is 13.8 Å². The summed E-state index contributed by atoms with van der Waals surface area (Å²) in [4.78, 5) is 11.8. The van der Waals surface area contributed by atoms with Gasteiger partial charge in [-0.1, -0.05) is 24.3 Å². The van der Waals surface area contributed by atoms with Gasteiger partial charge in [-0.05, 0) is 43.2 Å². The normalized spacial score (nSPS) is 10.1. The molecule has 2 N–H and O–H groups in total. The number of urea groups is 1. The molecule has 0 heterocycles. The number of hydrogen-bond donors (Lipinski definition) is 2. The smallest absolute Gasteiger partial charge is 0.307 e. The van der Waals surface area contributed by atoms with Gasteiger partial charge in [0.05, 0.1) is 5.69 Å². The minimum absolute atomic E-state index is 0.158. The molecule has 2 aromatic rings. The average molecular weight is 258 g/mol. The topological polar surface area (TPSA) is 41.1 Å². The van der Waals surface area contributed by atoms with Crippen LogP contribution >= 0.6 is 0 Å². The van der Waals surface area contributed by atoms with Crippen molar-refractivity contribution in [1.29, 1.82) is 0 Å². The molecule has 2 rings (SSSR count). The fraction of sp³-hybridized carbons (Fsp3) is 0.133. The highest BCUT2D eigenvalue weighted by molar-refractivity contribution is 6.00. The van der Waals surface area contributed by atoms with Crippen LogP contribution in [0, 0.1) is 19.7 Å². The first-order valence-corrected chi connectivity index (χ1v) is 5.96. The molecule has 0 aliphatic rings. The molecular weight excluding hydrogens is 243 g/mol. The molecule has 19 heavy (non-hydrogen) atoms. The lowest BCUT2D eigenvalue weighted by molar-refractivity contribution is 0.262. The minimum atomic E-state index is -0.460. The van der Waals surface area contributed by atoms with Crippen molar-refractivity contribution in [2.24, 2.45) is 0 Å². The van der Waals surface area contributed by atoms with Gasteiger partial charge in [0.25, 0.3) is 0 Å². The molecule has 0 aliphatic carbocycles. The van der Waals surface area contributed by atoms with Crippen LogP contribution < -0.4 is 10.6 Å². The number of benzene rings is 2. The molecular formula is C15H15FN2O. The zero-order valence-electron chi connectivity index (χ0n) is 10.8. The Balaban J connectivity index is 2.10. The summed E-state index contributed by atoms with van der Waals surface area (Å²) >= 11 is 0. The van der Waals surface area contributed by atoms with Crippen molar-refractivity contribution in [3.8, 4) is 0 Å². The van der Waals surface area contributed by atoms with Crippen molar-refractivity contribution in [3.05, 3.63) is 59.4 Å². The summed E-state index contributed by atoms with van der Waals surface area (Å²) in [7, 11) is 0. The van der Waals surface area contributed by atoms with Gasteiger partial charge >= 0.3 is 6.03 Å². The van der Waals surface area contributed by atoms with E-state index in [9.17, 15) is 9.18 Å². The number of amides is 2. The number of carbonyl (C=O) groups excluding carboxylic acids is 1. The molecule has 0 aliphatic heterocycles. The summed E-state index contributed by atoms with van der Waals surface area (Å²) in [6, 6.07) is 11.4. The third kappa shape index (κ3) is 3.31. The zero-order valence-corrected chi connectivity index (χ0v) is 10.8. The largest absolute Gasteiger partial charge is 0.323 e. The van der Waals surface area contributed by atoms with Crippen LogP contribution in [0.25, 0.3) is 0 Å². The minimum Gasteiger partial charge on any atom is -0.307 e. The van der Waals surface area contributed by atoms with Crippen LogP contribution in [0.5, 0.6) is 0 Å². The summed E-state index contributed by atoms with van der Waals surface area (Å²) in [5.74, 6) is -0.460. The van der Waals surface area contributed by atoms with E-state index in [1.807, 2.05) is 32.0 Å². The Hall–Kier alpha value is -2.36. The summed E-state index contributed by atoms with van der Waals surface area (Å²) in [6.07, 6.45) is 0. The number of para-hydroxylation sites is 1. The van der Waals surface area contributed by atoms with Gasteiger partial charge in [-0.25, -0.2) is 9.18 Å². The van der Waals surface area contributed by atoms with E-state index in [1.54, 1.807) is 12.1 Å². The van der Waals surface area contributed by atoms with Crippen LogP contribution in [0.4, 0.5) is 20.6 Å². The molecule has 0 unspecified atom stereocenters. The number of halogens is 1. The molecule has 0 aromatic heterocycles. The Bertz CT molecular complexity index is 611. The maximum atomic E-state index is 13.4. The van der Waals surface area contributed by atoms with Gasteiger partial charge in [0.2, 0.25) is 0 Å². The molecule has 3 nitrogen and oxygen atoms in total. The first-order chi connectivity index (χ1) is 9.06.